The Hall–Kier alpha value is -0.350. The van der Waals surface area contributed by atoms with Crippen LogP contribution in [0.15, 0.2) is 4.73 Å². The number of hydrogen-bond donors (Lipinski definition) is 2. The van der Waals surface area contributed by atoms with Crippen molar-refractivity contribution in [3.63, 3.8) is 0 Å². The van der Waals surface area contributed by atoms with Crippen LogP contribution < -0.4 is 5.32 Å². The van der Waals surface area contributed by atoms with Gasteiger partial charge in [0.2, 0.25) is 0 Å². The van der Waals surface area contributed by atoms with Crippen LogP contribution in [0.1, 0.15) is 32.2 Å². The molecule has 0 aromatic carbocycles. The summed E-state index contributed by atoms with van der Waals surface area (Å²) >= 11 is 3.35. The molecule has 0 fully saturated rings. The van der Waals surface area contributed by atoms with Crippen LogP contribution in [-0.4, -0.2) is 17.0 Å². The van der Waals surface area contributed by atoms with Crippen molar-refractivity contribution in [2.75, 3.05) is 7.05 Å². The van der Waals surface area contributed by atoms with Crippen LogP contribution in [0.25, 0.3) is 0 Å². The zero-order valence-electron chi connectivity index (χ0n) is 8.53. The van der Waals surface area contributed by atoms with Crippen LogP contribution >= 0.6 is 15.9 Å². The Morgan fingerprint density at radius 2 is 2.08 bits per heavy atom. The maximum absolute atomic E-state index is 4.42. The molecule has 0 amide bonds. The molecule has 0 saturated carbocycles. The van der Waals surface area contributed by atoms with Crippen molar-refractivity contribution >= 4 is 15.9 Å². The summed E-state index contributed by atoms with van der Waals surface area (Å²) in [5.41, 5.74) is 2.37. The second-order valence-corrected chi connectivity index (χ2v) is 4.89. The highest BCUT2D eigenvalue weighted by Gasteiger charge is 2.21. The zero-order valence-corrected chi connectivity index (χ0v) is 10.1. The molecule has 0 aliphatic heterocycles. The predicted octanol–water partition coefficient (Wildman–Crippen LogP) is 2.19. The highest BCUT2D eigenvalue weighted by Crippen LogP contribution is 2.25. The fourth-order valence-electron chi connectivity index (χ4n) is 1.30. The molecule has 4 heteroatoms. The Morgan fingerprint density at radius 1 is 1.46 bits per heavy atom. The molecule has 1 rings (SSSR count). The van der Waals surface area contributed by atoms with Crippen LogP contribution in [0.3, 0.4) is 0 Å². The van der Waals surface area contributed by atoms with Crippen molar-refractivity contribution in [2.24, 2.45) is 0 Å². The summed E-state index contributed by atoms with van der Waals surface area (Å²) < 4.78 is 0.808. The van der Waals surface area contributed by atoms with Crippen molar-refractivity contribution in [3.05, 3.63) is 16.1 Å². The molecule has 0 unspecified atom stereocenters. The van der Waals surface area contributed by atoms with Gasteiger partial charge in [0.1, 0.15) is 0 Å². The van der Waals surface area contributed by atoms with Gasteiger partial charge in [0.15, 0.2) is 4.73 Å². The Morgan fingerprint density at radius 3 is 2.54 bits per heavy atom. The number of nitrogens with one attached hydrogen (secondary N) is 2. The molecule has 74 valence electrons. The van der Waals surface area contributed by atoms with Crippen molar-refractivity contribution in [1.82, 2.24) is 15.3 Å². The molecule has 2 N–H and O–H groups in total. The minimum absolute atomic E-state index is 0.0920. The molecule has 0 saturated heterocycles. The number of rotatable bonds is 2. The van der Waals surface area contributed by atoms with Gasteiger partial charge in [-0.2, -0.15) is 0 Å². The van der Waals surface area contributed by atoms with Crippen LogP contribution in [0.4, 0.5) is 0 Å². The summed E-state index contributed by atoms with van der Waals surface area (Å²) in [7, 11) is 1.93. The monoisotopic (exact) mass is 245 g/mol. The molecular formula is C9H16BrN3. The Bertz CT molecular complexity index is 286. The molecule has 0 radical (unpaired) electrons. The van der Waals surface area contributed by atoms with E-state index in [1.165, 1.54) is 0 Å². The number of imidazole rings is 1. The third kappa shape index (κ3) is 2.54. The maximum Gasteiger partial charge on any atom is 0.174 e. The van der Waals surface area contributed by atoms with Crippen LogP contribution in [0.2, 0.25) is 0 Å². The SMILES string of the molecule is CNCc1[nH]c(Br)nc1C(C)(C)C. The summed E-state index contributed by atoms with van der Waals surface area (Å²) in [6, 6.07) is 0. The fraction of sp³-hybridized carbons (Fsp3) is 0.667. The van der Waals surface area contributed by atoms with Gasteiger partial charge in [0, 0.05) is 12.0 Å². The second kappa shape index (κ2) is 3.80. The summed E-state index contributed by atoms with van der Waals surface area (Å²) in [5, 5.41) is 3.12. The molecule has 1 aromatic rings. The van der Waals surface area contributed by atoms with E-state index in [-0.39, 0.29) is 5.41 Å². The highest BCUT2D eigenvalue weighted by atomic mass is 79.9. The largest absolute Gasteiger partial charge is 0.335 e. The van der Waals surface area contributed by atoms with Gasteiger partial charge in [-0.05, 0) is 23.0 Å². The lowest BCUT2D eigenvalue weighted by Gasteiger charge is -2.17. The fourth-order valence-corrected chi connectivity index (χ4v) is 1.72. The van der Waals surface area contributed by atoms with Gasteiger partial charge in [0.05, 0.1) is 11.4 Å². The molecule has 13 heavy (non-hydrogen) atoms. The third-order valence-electron chi connectivity index (χ3n) is 1.81. The van der Waals surface area contributed by atoms with E-state index in [0.29, 0.717) is 0 Å². The first-order valence-electron chi connectivity index (χ1n) is 4.34. The molecule has 3 nitrogen and oxygen atoms in total. The lowest BCUT2D eigenvalue weighted by molar-refractivity contribution is 0.560. The molecule has 0 aliphatic carbocycles. The maximum atomic E-state index is 4.42. The minimum Gasteiger partial charge on any atom is -0.335 e. The first-order valence-corrected chi connectivity index (χ1v) is 5.14. The molecule has 0 bridgehead atoms. The van der Waals surface area contributed by atoms with E-state index in [4.69, 9.17) is 0 Å². The molecule has 0 spiro atoms. The van der Waals surface area contributed by atoms with Crippen LogP contribution in [-0.2, 0) is 12.0 Å². The number of hydrogen-bond acceptors (Lipinski definition) is 2. The Labute approximate surface area is 87.5 Å². The van der Waals surface area contributed by atoms with Crippen molar-refractivity contribution in [1.29, 1.82) is 0 Å². The first-order chi connectivity index (χ1) is 5.95. The first kappa shape index (κ1) is 10.7. The molecule has 1 heterocycles. The standard InChI is InChI=1S/C9H16BrN3/c1-9(2,3)7-6(5-11-4)12-8(10)13-7/h11H,5H2,1-4H3,(H,12,13). The van der Waals surface area contributed by atoms with Crippen molar-refractivity contribution in [3.8, 4) is 0 Å². The van der Waals surface area contributed by atoms with Gasteiger partial charge >= 0.3 is 0 Å². The second-order valence-electron chi connectivity index (χ2n) is 4.14. The smallest absolute Gasteiger partial charge is 0.174 e. The van der Waals surface area contributed by atoms with E-state index in [1.807, 2.05) is 7.05 Å². The number of aromatic amines is 1. The van der Waals surface area contributed by atoms with E-state index in [0.717, 1.165) is 22.7 Å². The summed E-state index contributed by atoms with van der Waals surface area (Å²) in [4.78, 5) is 7.62. The molecule has 0 aliphatic rings. The molecule has 0 atom stereocenters. The van der Waals surface area contributed by atoms with Gasteiger partial charge < -0.3 is 10.3 Å². The third-order valence-corrected chi connectivity index (χ3v) is 2.19. The van der Waals surface area contributed by atoms with E-state index in [2.05, 4.69) is 52.0 Å². The average Bonchev–Trinajstić information content (AvgIpc) is 2.30. The lowest BCUT2D eigenvalue weighted by Crippen LogP contribution is -2.17. The van der Waals surface area contributed by atoms with Gasteiger partial charge in [-0.1, -0.05) is 20.8 Å². The van der Waals surface area contributed by atoms with Crippen molar-refractivity contribution < 1.29 is 0 Å². The van der Waals surface area contributed by atoms with Gasteiger partial charge in [-0.3, -0.25) is 0 Å². The van der Waals surface area contributed by atoms with E-state index in [1.54, 1.807) is 0 Å². The molecular weight excluding hydrogens is 230 g/mol. The van der Waals surface area contributed by atoms with Gasteiger partial charge in [-0.15, -0.1) is 0 Å². The van der Waals surface area contributed by atoms with E-state index >= 15 is 0 Å². The topological polar surface area (TPSA) is 40.7 Å². The normalized spacial score (nSPS) is 12.1. The minimum atomic E-state index is 0.0920. The Kier molecular flexibility index (Phi) is 3.14. The Balaban J connectivity index is 3.04. The number of nitrogens with zero attached hydrogens (tertiary/aromatic N) is 1. The van der Waals surface area contributed by atoms with E-state index < -0.39 is 0 Å². The van der Waals surface area contributed by atoms with Crippen LogP contribution in [0, 0.1) is 0 Å². The molecule has 1 aromatic heterocycles. The van der Waals surface area contributed by atoms with Gasteiger partial charge in [0.25, 0.3) is 0 Å². The quantitative estimate of drug-likeness (QED) is 0.839. The van der Waals surface area contributed by atoms with Crippen LogP contribution in [0.5, 0.6) is 0 Å². The van der Waals surface area contributed by atoms with Crippen molar-refractivity contribution in [2.45, 2.75) is 32.7 Å². The highest BCUT2D eigenvalue weighted by molar-refractivity contribution is 9.10. The van der Waals surface area contributed by atoms with E-state index in [9.17, 15) is 0 Å². The number of halogens is 1. The number of aromatic nitrogens is 2. The average molecular weight is 246 g/mol. The summed E-state index contributed by atoms with van der Waals surface area (Å²) in [6.07, 6.45) is 0. The summed E-state index contributed by atoms with van der Waals surface area (Å²) in [5.74, 6) is 0. The number of H-pyrrole nitrogens is 1. The lowest BCUT2D eigenvalue weighted by atomic mass is 9.91. The predicted molar refractivity (Wildman–Crippen MR) is 57.8 cm³/mol. The summed E-state index contributed by atoms with van der Waals surface area (Å²) in [6.45, 7) is 7.31. The van der Waals surface area contributed by atoms with Gasteiger partial charge in [-0.25, -0.2) is 4.98 Å². The zero-order chi connectivity index (χ0) is 10.1.